The predicted octanol–water partition coefficient (Wildman–Crippen LogP) is 2.94. The van der Waals surface area contributed by atoms with E-state index in [1.807, 2.05) is 59.4 Å². The van der Waals surface area contributed by atoms with Gasteiger partial charge >= 0.3 is 0 Å². The van der Waals surface area contributed by atoms with E-state index >= 15 is 0 Å². The lowest BCUT2D eigenvalue weighted by atomic mass is 10.1. The van der Waals surface area contributed by atoms with E-state index in [1.165, 1.54) is 0 Å². The van der Waals surface area contributed by atoms with Crippen LogP contribution in [-0.2, 0) is 11.3 Å². The van der Waals surface area contributed by atoms with Crippen molar-refractivity contribution in [1.29, 1.82) is 0 Å². The van der Waals surface area contributed by atoms with Crippen molar-refractivity contribution in [2.45, 2.75) is 6.54 Å². The van der Waals surface area contributed by atoms with Crippen LogP contribution in [0.1, 0.15) is 11.1 Å². The minimum atomic E-state index is -0.232. The van der Waals surface area contributed by atoms with Crippen LogP contribution in [0.4, 0.5) is 0 Å². The molecule has 0 radical (unpaired) electrons. The van der Waals surface area contributed by atoms with Crippen LogP contribution in [0.3, 0.4) is 0 Å². The molecular weight excluding hydrogens is 344 g/mol. The van der Waals surface area contributed by atoms with Crippen molar-refractivity contribution in [1.82, 2.24) is 20.4 Å². The number of benzene rings is 2. The van der Waals surface area contributed by atoms with Crippen molar-refractivity contribution in [2.24, 2.45) is 0 Å². The number of thiocarbonyl (C=S) groups is 1. The molecule has 0 bridgehead atoms. The zero-order chi connectivity index (χ0) is 17.9. The Hall–Kier alpha value is -3.25. The monoisotopic (exact) mass is 360 g/mol. The summed E-state index contributed by atoms with van der Waals surface area (Å²) in [4.78, 5) is 12.0. The first kappa shape index (κ1) is 16.2. The molecule has 1 fully saturated rings. The third-order valence-electron chi connectivity index (χ3n) is 4.04. The normalized spacial score (nSPS) is 15.2. The standard InChI is InChI=1S/C20H16N4OS/c25-19-17(21-20(26)22-19)11-16-13-24(12-14-7-3-1-4-8-14)23-18(16)15-9-5-2-6-10-15/h1-11,13H,12H2,(H2,21,22,25,26)/b17-11-. The number of nitrogens with zero attached hydrogens (tertiary/aromatic N) is 2. The minimum Gasteiger partial charge on any atom is -0.328 e. The first-order chi connectivity index (χ1) is 12.7. The molecule has 0 spiro atoms. The van der Waals surface area contributed by atoms with Crippen molar-refractivity contribution in [3.05, 3.63) is 83.7 Å². The van der Waals surface area contributed by atoms with Gasteiger partial charge < -0.3 is 5.32 Å². The van der Waals surface area contributed by atoms with E-state index in [4.69, 9.17) is 17.3 Å². The minimum absolute atomic E-state index is 0.232. The molecule has 1 aliphatic heterocycles. The number of carbonyl (C=O) groups excluding carboxylic acids is 1. The second kappa shape index (κ2) is 6.93. The van der Waals surface area contributed by atoms with E-state index in [1.54, 1.807) is 6.08 Å². The molecule has 0 atom stereocenters. The molecule has 128 valence electrons. The van der Waals surface area contributed by atoms with Crippen LogP contribution in [0.25, 0.3) is 17.3 Å². The maximum absolute atomic E-state index is 12.0. The Labute approximate surface area is 156 Å². The Morgan fingerprint density at radius 2 is 1.69 bits per heavy atom. The highest BCUT2D eigenvalue weighted by molar-refractivity contribution is 7.80. The van der Waals surface area contributed by atoms with Gasteiger partial charge in [0.05, 0.1) is 12.2 Å². The summed E-state index contributed by atoms with van der Waals surface area (Å²) in [5.41, 5.74) is 4.25. The molecule has 1 amide bonds. The van der Waals surface area contributed by atoms with E-state index < -0.39 is 0 Å². The molecule has 6 heteroatoms. The van der Waals surface area contributed by atoms with Gasteiger partial charge in [-0.15, -0.1) is 0 Å². The van der Waals surface area contributed by atoms with Crippen LogP contribution in [0.5, 0.6) is 0 Å². The lowest BCUT2D eigenvalue weighted by Gasteiger charge is -2.01. The number of hydrogen-bond acceptors (Lipinski definition) is 3. The average molecular weight is 360 g/mol. The largest absolute Gasteiger partial charge is 0.328 e. The summed E-state index contributed by atoms with van der Waals surface area (Å²) in [6, 6.07) is 20.0. The molecule has 1 saturated heterocycles. The Morgan fingerprint density at radius 3 is 2.35 bits per heavy atom. The van der Waals surface area contributed by atoms with Gasteiger partial charge in [0.1, 0.15) is 5.70 Å². The highest BCUT2D eigenvalue weighted by Gasteiger charge is 2.21. The van der Waals surface area contributed by atoms with E-state index in [9.17, 15) is 4.79 Å². The summed E-state index contributed by atoms with van der Waals surface area (Å²) in [6.07, 6.45) is 3.73. The molecule has 0 unspecified atom stereocenters. The van der Waals surface area contributed by atoms with E-state index in [0.717, 1.165) is 22.4 Å². The SMILES string of the molecule is O=C1NC(=S)N/C1=C\c1cn(Cc2ccccc2)nc1-c1ccccc1. The van der Waals surface area contributed by atoms with Gasteiger partial charge in [0.2, 0.25) is 0 Å². The Morgan fingerprint density at radius 1 is 1.00 bits per heavy atom. The van der Waals surface area contributed by atoms with Gasteiger partial charge in [-0.2, -0.15) is 5.10 Å². The van der Waals surface area contributed by atoms with Gasteiger partial charge in [0, 0.05) is 17.3 Å². The Balaban J connectivity index is 1.75. The van der Waals surface area contributed by atoms with Crippen LogP contribution < -0.4 is 10.6 Å². The molecule has 2 aromatic carbocycles. The number of rotatable bonds is 4. The second-order valence-electron chi connectivity index (χ2n) is 5.95. The molecule has 0 aliphatic carbocycles. The summed E-state index contributed by atoms with van der Waals surface area (Å²) in [5.74, 6) is -0.232. The average Bonchev–Trinajstić information content (AvgIpc) is 3.19. The van der Waals surface area contributed by atoms with Crippen molar-refractivity contribution in [3.8, 4) is 11.3 Å². The van der Waals surface area contributed by atoms with Crippen LogP contribution in [-0.4, -0.2) is 20.8 Å². The summed E-state index contributed by atoms with van der Waals surface area (Å²) in [7, 11) is 0. The van der Waals surface area contributed by atoms with Gasteiger partial charge in [-0.05, 0) is 23.9 Å². The van der Waals surface area contributed by atoms with Gasteiger partial charge in [-0.25, -0.2) is 0 Å². The smallest absolute Gasteiger partial charge is 0.273 e. The lowest BCUT2D eigenvalue weighted by Crippen LogP contribution is -2.21. The van der Waals surface area contributed by atoms with E-state index in [-0.39, 0.29) is 5.91 Å². The van der Waals surface area contributed by atoms with Crippen molar-refractivity contribution in [3.63, 3.8) is 0 Å². The molecule has 2 N–H and O–H groups in total. The molecule has 3 aromatic rings. The van der Waals surface area contributed by atoms with E-state index in [2.05, 4.69) is 22.8 Å². The summed E-state index contributed by atoms with van der Waals surface area (Å²) >= 11 is 5.00. The Bertz CT molecular complexity index is 993. The molecule has 26 heavy (non-hydrogen) atoms. The number of nitrogens with one attached hydrogen (secondary N) is 2. The predicted molar refractivity (Wildman–Crippen MR) is 105 cm³/mol. The van der Waals surface area contributed by atoms with Gasteiger partial charge in [0.25, 0.3) is 5.91 Å². The highest BCUT2D eigenvalue weighted by Crippen LogP contribution is 2.24. The molecule has 5 nitrogen and oxygen atoms in total. The molecule has 4 rings (SSSR count). The molecule has 1 aliphatic rings. The fourth-order valence-electron chi connectivity index (χ4n) is 2.85. The maximum Gasteiger partial charge on any atom is 0.273 e. The van der Waals surface area contributed by atoms with Crippen LogP contribution in [0.2, 0.25) is 0 Å². The number of amides is 1. The fourth-order valence-corrected chi connectivity index (χ4v) is 3.05. The molecular formula is C20H16N4OS. The van der Waals surface area contributed by atoms with Crippen molar-refractivity contribution >= 4 is 29.3 Å². The summed E-state index contributed by atoms with van der Waals surface area (Å²) in [6.45, 7) is 0.655. The highest BCUT2D eigenvalue weighted by atomic mass is 32.1. The first-order valence-electron chi connectivity index (χ1n) is 8.20. The molecule has 0 saturated carbocycles. The van der Waals surface area contributed by atoms with Gasteiger partial charge in [0.15, 0.2) is 5.11 Å². The second-order valence-corrected chi connectivity index (χ2v) is 6.36. The molecule has 2 heterocycles. The first-order valence-corrected chi connectivity index (χ1v) is 8.61. The number of hydrogen-bond donors (Lipinski definition) is 2. The maximum atomic E-state index is 12.0. The fraction of sp³-hybridized carbons (Fsp3) is 0.0500. The third kappa shape index (κ3) is 3.41. The van der Waals surface area contributed by atoms with Crippen LogP contribution >= 0.6 is 12.2 Å². The number of aromatic nitrogens is 2. The van der Waals surface area contributed by atoms with Crippen LogP contribution in [0.15, 0.2) is 72.6 Å². The zero-order valence-corrected chi connectivity index (χ0v) is 14.7. The van der Waals surface area contributed by atoms with Crippen molar-refractivity contribution < 1.29 is 4.79 Å². The third-order valence-corrected chi connectivity index (χ3v) is 4.25. The summed E-state index contributed by atoms with van der Waals surface area (Å²) in [5, 5.41) is 10.5. The lowest BCUT2D eigenvalue weighted by molar-refractivity contribution is -0.115. The van der Waals surface area contributed by atoms with Gasteiger partial charge in [-0.3, -0.25) is 14.8 Å². The Kier molecular flexibility index (Phi) is 4.33. The zero-order valence-electron chi connectivity index (χ0n) is 13.8. The molecule has 1 aromatic heterocycles. The van der Waals surface area contributed by atoms with Gasteiger partial charge in [-0.1, -0.05) is 60.7 Å². The van der Waals surface area contributed by atoms with E-state index in [0.29, 0.717) is 17.4 Å². The summed E-state index contributed by atoms with van der Waals surface area (Å²) < 4.78 is 1.88. The van der Waals surface area contributed by atoms with Crippen molar-refractivity contribution in [2.75, 3.05) is 0 Å². The quantitative estimate of drug-likeness (QED) is 0.555. The number of carbonyl (C=O) groups is 1. The topological polar surface area (TPSA) is 59.0 Å². The van der Waals surface area contributed by atoms with Crippen LogP contribution in [0, 0.1) is 0 Å².